The molecular weight excluding hydrogens is 284 g/mol. The molecule has 23 heavy (non-hydrogen) atoms. The van der Waals surface area contributed by atoms with Crippen molar-refractivity contribution in [2.45, 2.75) is 84.7 Å². The van der Waals surface area contributed by atoms with Crippen molar-refractivity contribution >= 4 is 5.78 Å². The fourth-order valence-corrected chi connectivity index (χ4v) is 7.90. The van der Waals surface area contributed by atoms with E-state index in [2.05, 4.69) is 13.8 Å². The monoisotopic (exact) mass is 318 g/mol. The third kappa shape index (κ3) is 2.19. The van der Waals surface area contributed by atoms with Crippen molar-refractivity contribution in [3.05, 3.63) is 0 Å². The first kappa shape index (κ1) is 16.1. The fraction of sp³-hybridized carbons (Fsp3) is 0.952. The fourth-order valence-electron chi connectivity index (χ4n) is 7.90. The minimum atomic E-state index is -0.0490. The minimum absolute atomic E-state index is 0.0490. The number of Topliss-reactive ketones (excluding diaryl/α,β-unsaturated/α-hetero) is 1. The highest BCUT2D eigenvalue weighted by molar-refractivity contribution is 5.79. The molecule has 0 saturated heterocycles. The Kier molecular flexibility index (Phi) is 3.72. The van der Waals surface area contributed by atoms with Crippen LogP contribution in [-0.4, -0.2) is 17.0 Å². The smallest absolute Gasteiger partial charge is 0.133 e. The normalized spacial score (nSPS) is 55.7. The van der Waals surface area contributed by atoms with Crippen molar-refractivity contribution in [2.75, 3.05) is 0 Å². The molecule has 130 valence electrons. The number of carbonyl (C=O) groups excluding carboxylic acids is 1. The van der Waals surface area contributed by atoms with E-state index in [1.807, 2.05) is 6.92 Å². The maximum absolute atomic E-state index is 12.2. The summed E-state index contributed by atoms with van der Waals surface area (Å²) in [6.07, 6.45) is 10.9. The average molecular weight is 319 g/mol. The first-order chi connectivity index (χ1) is 10.9. The summed E-state index contributed by atoms with van der Waals surface area (Å²) in [7, 11) is 0. The van der Waals surface area contributed by atoms with Gasteiger partial charge in [-0.3, -0.25) is 4.79 Å². The van der Waals surface area contributed by atoms with Crippen LogP contribution in [0.25, 0.3) is 0 Å². The largest absolute Gasteiger partial charge is 0.393 e. The molecule has 2 nitrogen and oxygen atoms in total. The number of rotatable bonds is 1. The quantitative estimate of drug-likeness (QED) is 0.767. The molecule has 0 radical (unpaired) electrons. The third-order valence-electron chi connectivity index (χ3n) is 9.13. The van der Waals surface area contributed by atoms with Gasteiger partial charge in [-0.05, 0) is 99.2 Å². The molecule has 0 aromatic carbocycles. The number of hydrogen-bond donors (Lipinski definition) is 1. The Hall–Kier alpha value is -0.370. The Balaban J connectivity index is 1.61. The average Bonchev–Trinajstić information content (AvgIpc) is 2.85. The van der Waals surface area contributed by atoms with E-state index in [0.717, 1.165) is 42.9 Å². The van der Waals surface area contributed by atoms with Crippen LogP contribution in [0.15, 0.2) is 0 Å². The highest BCUT2D eigenvalue weighted by atomic mass is 16.3. The van der Waals surface area contributed by atoms with E-state index in [4.69, 9.17) is 0 Å². The van der Waals surface area contributed by atoms with Crippen LogP contribution in [0, 0.1) is 40.4 Å². The Morgan fingerprint density at radius 2 is 1.61 bits per heavy atom. The van der Waals surface area contributed by atoms with Crippen LogP contribution in [0.5, 0.6) is 0 Å². The van der Waals surface area contributed by atoms with Gasteiger partial charge in [0.2, 0.25) is 0 Å². The summed E-state index contributed by atoms with van der Waals surface area (Å²) in [6.45, 7) is 6.80. The Morgan fingerprint density at radius 1 is 0.913 bits per heavy atom. The van der Waals surface area contributed by atoms with E-state index in [1.54, 1.807) is 0 Å². The number of carbonyl (C=O) groups is 1. The molecule has 4 fully saturated rings. The number of fused-ring (bicyclic) bond motifs is 5. The zero-order chi connectivity index (χ0) is 16.4. The lowest BCUT2D eigenvalue weighted by Gasteiger charge is -2.60. The van der Waals surface area contributed by atoms with E-state index in [9.17, 15) is 9.90 Å². The Labute approximate surface area is 141 Å². The summed E-state index contributed by atoms with van der Waals surface area (Å²) in [5.41, 5.74) is 0.738. The highest BCUT2D eigenvalue weighted by Crippen LogP contribution is 2.67. The molecule has 1 N–H and O–H groups in total. The summed E-state index contributed by atoms with van der Waals surface area (Å²) in [5, 5.41) is 10.1. The molecule has 2 heteroatoms. The number of aliphatic hydroxyl groups is 1. The van der Waals surface area contributed by atoms with Crippen molar-refractivity contribution < 1.29 is 9.90 Å². The van der Waals surface area contributed by atoms with Crippen LogP contribution in [-0.2, 0) is 4.79 Å². The van der Waals surface area contributed by atoms with Crippen LogP contribution < -0.4 is 0 Å². The van der Waals surface area contributed by atoms with Gasteiger partial charge in [-0.1, -0.05) is 13.8 Å². The first-order valence-electron chi connectivity index (χ1n) is 10.0. The van der Waals surface area contributed by atoms with Crippen molar-refractivity contribution in [3.63, 3.8) is 0 Å². The van der Waals surface area contributed by atoms with Crippen LogP contribution in [0.4, 0.5) is 0 Å². The van der Waals surface area contributed by atoms with Gasteiger partial charge in [0, 0.05) is 5.92 Å². The topological polar surface area (TPSA) is 37.3 Å². The Morgan fingerprint density at radius 3 is 2.35 bits per heavy atom. The summed E-state index contributed by atoms with van der Waals surface area (Å²) >= 11 is 0. The molecule has 0 aromatic heterocycles. The molecule has 4 aliphatic rings. The second kappa shape index (κ2) is 5.31. The van der Waals surface area contributed by atoms with E-state index < -0.39 is 0 Å². The van der Waals surface area contributed by atoms with Gasteiger partial charge < -0.3 is 5.11 Å². The lowest BCUT2D eigenvalue weighted by atomic mass is 9.44. The number of ketones is 1. The van der Waals surface area contributed by atoms with Crippen molar-refractivity contribution in [3.8, 4) is 0 Å². The Bertz CT molecular complexity index is 500. The van der Waals surface area contributed by atoms with Gasteiger partial charge in [-0.15, -0.1) is 0 Å². The van der Waals surface area contributed by atoms with Crippen molar-refractivity contribution in [1.29, 1.82) is 0 Å². The van der Waals surface area contributed by atoms with Crippen molar-refractivity contribution in [2.24, 2.45) is 40.4 Å². The number of aliphatic hydroxyl groups excluding tert-OH is 1. The van der Waals surface area contributed by atoms with Gasteiger partial charge in [0.05, 0.1) is 6.10 Å². The van der Waals surface area contributed by atoms with Crippen LogP contribution >= 0.6 is 0 Å². The van der Waals surface area contributed by atoms with Gasteiger partial charge >= 0.3 is 0 Å². The molecule has 4 saturated carbocycles. The van der Waals surface area contributed by atoms with Gasteiger partial charge in [-0.2, -0.15) is 0 Å². The maximum atomic E-state index is 12.2. The summed E-state index contributed by atoms with van der Waals surface area (Å²) in [5.74, 6) is 3.97. The molecule has 0 heterocycles. The van der Waals surface area contributed by atoms with Crippen molar-refractivity contribution in [1.82, 2.24) is 0 Å². The summed E-state index contributed by atoms with van der Waals surface area (Å²) in [4.78, 5) is 12.2. The predicted molar refractivity (Wildman–Crippen MR) is 91.9 cm³/mol. The summed E-state index contributed by atoms with van der Waals surface area (Å²) in [6, 6.07) is 0. The first-order valence-corrected chi connectivity index (χ1v) is 10.0. The maximum Gasteiger partial charge on any atom is 0.133 e. The van der Waals surface area contributed by atoms with Crippen LogP contribution in [0.3, 0.4) is 0 Å². The molecule has 0 spiro atoms. The predicted octanol–water partition coefficient (Wildman–Crippen LogP) is 4.60. The van der Waals surface area contributed by atoms with Crippen LogP contribution in [0.2, 0.25) is 0 Å². The van der Waals surface area contributed by atoms with Gasteiger partial charge in [0.15, 0.2) is 0 Å². The van der Waals surface area contributed by atoms with E-state index in [1.165, 1.54) is 38.5 Å². The molecule has 4 aliphatic carbocycles. The molecule has 0 aromatic rings. The molecule has 3 unspecified atom stereocenters. The molecule has 8 atom stereocenters. The lowest BCUT2D eigenvalue weighted by molar-refractivity contribution is -0.138. The summed E-state index contributed by atoms with van der Waals surface area (Å²) < 4.78 is 0. The van der Waals surface area contributed by atoms with Gasteiger partial charge in [0.25, 0.3) is 0 Å². The lowest BCUT2D eigenvalue weighted by Crippen LogP contribution is -2.54. The van der Waals surface area contributed by atoms with Crippen LogP contribution in [0.1, 0.15) is 78.6 Å². The SMILES string of the molecule is CC(=O)[C@H]1CCC2C3CC[C@@H]4C[C@@H](O)CC[C@]4(C)C3CC[C@@]21C. The van der Waals surface area contributed by atoms with Gasteiger partial charge in [0.1, 0.15) is 5.78 Å². The minimum Gasteiger partial charge on any atom is -0.393 e. The molecule has 0 bridgehead atoms. The molecule has 0 amide bonds. The molecule has 0 aliphatic heterocycles. The standard InChI is InChI=1S/C21H34O2/c1-13(22)17-6-7-18-16-5-4-14-12-15(23)8-10-20(14,2)19(16)9-11-21(17,18)3/h14-19,23H,4-12H2,1-3H3/t14-,15+,16?,17-,18?,19?,20+,21-/m1/s1. The van der Waals surface area contributed by atoms with Gasteiger partial charge in [-0.25, -0.2) is 0 Å². The zero-order valence-electron chi connectivity index (χ0n) is 15.2. The van der Waals surface area contributed by atoms with E-state index >= 15 is 0 Å². The number of hydrogen-bond acceptors (Lipinski definition) is 2. The third-order valence-corrected chi connectivity index (χ3v) is 9.13. The zero-order valence-corrected chi connectivity index (χ0v) is 15.2. The second-order valence-electron chi connectivity index (χ2n) is 9.87. The van der Waals surface area contributed by atoms with E-state index in [-0.39, 0.29) is 11.5 Å². The molecule has 4 rings (SSSR count). The second-order valence-corrected chi connectivity index (χ2v) is 9.87. The molecular formula is C21H34O2. The van der Waals surface area contributed by atoms with E-state index in [0.29, 0.717) is 17.1 Å². The highest BCUT2D eigenvalue weighted by Gasteiger charge is 2.60.